The minimum absolute atomic E-state index is 0.0231. The molecule has 2 amide bonds. The second-order valence-electron chi connectivity index (χ2n) is 9.89. The predicted octanol–water partition coefficient (Wildman–Crippen LogP) is 4.84. The number of unbranched alkanes of at least 4 members (excludes halogenated alkanes) is 10. The zero-order valence-electron chi connectivity index (χ0n) is 22.8. The van der Waals surface area contributed by atoms with Crippen LogP contribution in [-0.4, -0.2) is 67.0 Å². The summed E-state index contributed by atoms with van der Waals surface area (Å²) in [4.78, 5) is 23.4. The number of carbonyl (C=O) groups is 2. The first-order valence-electron chi connectivity index (χ1n) is 14.1. The smallest absolute Gasteiger partial charge is 0.267 e. The Morgan fingerprint density at radius 1 is 0.722 bits per heavy atom. The van der Waals surface area contributed by atoms with Gasteiger partial charge in [0.1, 0.15) is 0 Å². The first kappa shape index (κ1) is 34.8. The van der Waals surface area contributed by atoms with Gasteiger partial charge >= 0.3 is 0 Å². The second-order valence-corrected chi connectivity index (χ2v) is 11.6. The van der Waals surface area contributed by atoms with Gasteiger partial charge in [0.15, 0.2) is 0 Å². The second kappa shape index (κ2) is 22.9. The minimum atomic E-state index is -4.03. The molecule has 36 heavy (non-hydrogen) atoms. The van der Waals surface area contributed by atoms with Crippen molar-refractivity contribution >= 4 is 21.9 Å². The molecular weight excluding hydrogens is 482 g/mol. The zero-order valence-corrected chi connectivity index (χ0v) is 23.6. The fraction of sp³-hybridized carbons (Fsp3) is 0.923. The third-order valence-corrected chi connectivity index (χ3v) is 7.68. The molecule has 1 unspecified atom stereocenters. The summed E-state index contributed by atoms with van der Waals surface area (Å²) in [7, 11) is -2.45. The highest BCUT2D eigenvalue weighted by Gasteiger charge is 2.21. The van der Waals surface area contributed by atoms with E-state index in [-0.39, 0.29) is 11.8 Å². The van der Waals surface area contributed by atoms with Crippen molar-refractivity contribution in [3.05, 3.63) is 0 Å². The van der Waals surface area contributed by atoms with Crippen LogP contribution in [0.25, 0.3) is 0 Å². The van der Waals surface area contributed by atoms with E-state index in [1.807, 2.05) is 0 Å². The van der Waals surface area contributed by atoms with Gasteiger partial charge in [0.25, 0.3) is 10.1 Å². The van der Waals surface area contributed by atoms with E-state index >= 15 is 0 Å². The molecule has 214 valence electrons. The van der Waals surface area contributed by atoms with Gasteiger partial charge in [-0.25, -0.2) is 0 Å². The Labute approximate surface area is 219 Å². The molecule has 10 heteroatoms. The molecule has 0 aromatic rings. The number of carbonyl (C=O) groups excluding carboxylic acids is 2. The van der Waals surface area contributed by atoms with E-state index in [1.54, 1.807) is 7.05 Å². The molecule has 0 rings (SSSR count). The van der Waals surface area contributed by atoms with E-state index in [4.69, 9.17) is 5.21 Å². The maximum Gasteiger partial charge on any atom is 0.267 e. The van der Waals surface area contributed by atoms with E-state index in [0.717, 1.165) is 95.1 Å². The van der Waals surface area contributed by atoms with Gasteiger partial charge in [0.05, 0.1) is 5.25 Å². The van der Waals surface area contributed by atoms with Crippen molar-refractivity contribution < 1.29 is 27.8 Å². The van der Waals surface area contributed by atoms with Crippen molar-refractivity contribution in [2.75, 3.05) is 26.7 Å². The van der Waals surface area contributed by atoms with E-state index in [0.29, 0.717) is 45.2 Å². The summed E-state index contributed by atoms with van der Waals surface area (Å²) in [6, 6.07) is 0. The summed E-state index contributed by atoms with van der Waals surface area (Å²) < 4.78 is 33.0. The highest BCUT2D eigenvalue weighted by molar-refractivity contribution is 7.86. The summed E-state index contributed by atoms with van der Waals surface area (Å²) in [5, 5.41) is 15.2. The third kappa shape index (κ3) is 23.2. The van der Waals surface area contributed by atoms with Crippen molar-refractivity contribution in [2.45, 2.75) is 128 Å². The Morgan fingerprint density at radius 2 is 1.14 bits per heavy atom. The number of nitrogens with one attached hydrogen (secondary N) is 2. The molecule has 0 saturated carbocycles. The Hall–Kier alpha value is -1.23. The van der Waals surface area contributed by atoms with Crippen molar-refractivity contribution in [1.29, 1.82) is 0 Å². The minimum Gasteiger partial charge on any atom is -0.356 e. The lowest BCUT2D eigenvalue weighted by Crippen LogP contribution is -2.26. The molecule has 0 aromatic carbocycles. The number of hydrogen-bond donors (Lipinski definition) is 4. The van der Waals surface area contributed by atoms with Gasteiger partial charge in [-0.15, -0.1) is 0 Å². The molecule has 1 atom stereocenters. The average Bonchev–Trinajstić information content (AvgIpc) is 2.80. The molecule has 0 aliphatic carbocycles. The van der Waals surface area contributed by atoms with Gasteiger partial charge in [-0.3, -0.25) is 14.1 Å². The lowest BCUT2D eigenvalue weighted by atomic mass is 10.0. The number of amides is 2. The monoisotopic (exact) mass is 535 g/mol. The molecule has 9 nitrogen and oxygen atoms in total. The summed E-state index contributed by atoms with van der Waals surface area (Å²) in [6.45, 7) is 3.93. The Balaban J connectivity index is 3.76. The molecule has 0 saturated heterocycles. The number of hydrogen-bond acceptors (Lipinski definition) is 6. The van der Waals surface area contributed by atoms with Crippen LogP contribution in [0.2, 0.25) is 0 Å². The highest BCUT2D eigenvalue weighted by atomic mass is 32.2. The van der Waals surface area contributed by atoms with Gasteiger partial charge < -0.3 is 15.8 Å². The third-order valence-electron chi connectivity index (χ3n) is 6.36. The molecular formula is C26H53N3O6S. The lowest BCUT2D eigenvalue weighted by molar-refractivity contribution is -0.122. The van der Waals surface area contributed by atoms with Crippen molar-refractivity contribution in [1.82, 2.24) is 15.7 Å². The number of rotatable bonds is 25. The molecule has 0 aromatic heterocycles. The maximum atomic E-state index is 11.7. The average molecular weight is 536 g/mol. The molecule has 4 N–H and O–H groups in total. The van der Waals surface area contributed by atoms with Crippen LogP contribution in [0.1, 0.15) is 122 Å². The molecule has 0 bridgehead atoms. The zero-order chi connectivity index (χ0) is 27.1. The van der Waals surface area contributed by atoms with Crippen LogP contribution in [-0.2, 0) is 19.7 Å². The first-order chi connectivity index (χ1) is 17.2. The van der Waals surface area contributed by atoms with Crippen LogP contribution < -0.4 is 10.6 Å². The fourth-order valence-corrected chi connectivity index (χ4v) is 5.04. The SMILES string of the molecule is CCCCNC(=O)CCCCCCCCC(CCCCCCCC(=O)NCCCN(C)O)S(=O)(=O)O. The topological polar surface area (TPSA) is 136 Å². The van der Waals surface area contributed by atoms with Gasteiger partial charge in [-0.1, -0.05) is 71.1 Å². The highest BCUT2D eigenvalue weighted by Crippen LogP contribution is 2.19. The fourth-order valence-electron chi connectivity index (χ4n) is 4.11. The normalized spacial score (nSPS) is 12.6. The van der Waals surface area contributed by atoms with Crippen molar-refractivity contribution in [3.8, 4) is 0 Å². The molecule has 0 spiro atoms. The number of nitrogens with zero attached hydrogens (tertiary/aromatic N) is 1. The first-order valence-corrected chi connectivity index (χ1v) is 15.6. The predicted molar refractivity (Wildman–Crippen MR) is 145 cm³/mol. The van der Waals surface area contributed by atoms with Gasteiger partial charge in [-0.2, -0.15) is 13.5 Å². The van der Waals surface area contributed by atoms with Gasteiger partial charge in [-0.05, 0) is 38.5 Å². The van der Waals surface area contributed by atoms with Crippen LogP contribution in [0, 0.1) is 0 Å². The van der Waals surface area contributed by atoms with E-state index < -0.39 is 15.4 Å². The van der Waals surface area contributed by atoms with Crippen LogP contribution in [0.3, 0.4) is 0 Å². The summed E-state index contributed by atoms with van der Waals surface area (Å²) in [5.74, 6) is 0.151. The quantitative estimate of drug-likeness (QED) is 0.0746. The van der Waals surface area contributed by atoms with Crippen LogP contribution >= 0.6 is 0 Å². The molecule has 0 aliphatic rings. The Bertz CT molecular complexity index is 658. The Kier molecular flexibility index (Phi) is 22.1. The van der Waals surface area contributed by atoms with Crippen molar-refractivity contribution in [3.63, 3.8) is 0 Å². The van der Waals surface area contributed by atoms with Crippen LogP contribution in [0.15, 0.2) is 0 Å². The number of hydroxylamine groups is 2. The van der Waals surface area contributed by atoms with Gasteiger partial charge in [0.2, 0.25) is 11.8 Å². The largest absolute Gasteiger partial charge is 0.356 e. The lowest BCUT2D eigenvalue weighted by Gasteiger charge is -2.13. The van der Waals surface area contributed by atoms with Gasteiger partial charge in [0, 0.05) is 39.5 Å². The van der Waals surface area contributed by atoms with Crippen molar-refractivity contribution in [2.24, 2.45) is 0 Å². The maximum absolute atomic E-state index is 11.7. The molecule has 0 radical (unpaired) electrons. The molecule has 0 fully saturated rings. The molecule has 0 heterocycles. The van der Waals surface area contributed by atoms with E-state index in [9.17, 15) is 22.6 Å². The van der Waals surface area contributed by atoms with E-state index in [1.165, 1.54) is 0 Å². The summed E-state index contributed by atoms with van der Waals surface area (Å²) in [6.07, 6.45) is 14.8. The van der Waals surface area contributed by atoms with Crippen LogP contribution in [0.5, 0.6) is 0 Å². The summed E-state index contributed by atoms with van der Waals surface area (Å²) >= 11 is 0. The van der Waals surface area contributed by atoms with Crippen LogP contribution in [0.4, 0.5) is 0 Å². The van der Waals surface area contributed by atoms with E-state index in [2.05, 4.69) is 17.6 Å². The Morgan fingerprint density at radius 3 is 1.56 bits per heavy atom. The molecule has 0 aliphatic heterocycles. The summed E-state index contributed by atoms with van der Waals surface area (Å²) in [5.41, 5.74) is 0. The standard InChI is InChI=1S/C26H53N3O6S/c1-3-4-21-27-25(30)19-14-10-6-5-8-12-17-24(36(33,34)35)18-13-9-7-11-15-20-26(31)28-22-16-23-29(2)32/h24,32H,3-23H2,1-2H3,(H,27,30)(H,28,31)(H,33,34,35).